The lowest BCUT2D eigenvalue weighted by Crippen LogP contribution is -2.31. The molecule has 15 heavy (non-hydrogen) atoms. The van der Waals surface area contributed by atoms with Crippen LogP contribution in [0.3, 0.4) is 0 Å². The fraction of sp³-hybridized carbons (Fsp3) is 0.455. The van der Waals surface area contributed by atoms with Crippen molar-refractivity contribution in [2.24, 2.45) is 5.73 Å². The van der Waals surface area contributed by atoms with Gasteiger partial charge in [0.25, 0.3) is 0 Å². The molecule has 0 fully saturated rings. The number of halogens is 2. The predicted molar refractivity (Wildman–Crippen MR) is 65.6 cm³/mol. The van der Waals surface area contributed by atoms with Gasteiger partial charge in [0.05, 0.1) is 5.69 Å². The van der Waals surface area contributed by atoms with Gasteiger partial charge < -0.3 is 10.6 Å². The van der Waals surface area contributed by atoms with Crippen molar-refractivity contribution in [3.05, 3.63) is 28.5 Å². The molecule has 84 valence electrons. The van der Waals surface area contributed by atoms with E-state index in [2.05, 4.69) is 15.9 Å². The molecule has 0 saturated carbocycles. The van der Waals surface area contributed by atoms with Crippen LogP contribution in [0.4, 0.5) is 10.1 Å². The first-order valence-corrected chi connectivity index (χ1v) is 5.73. The molecule has 0 bridgehead atoms. The monoisotopic (exact) mass is 274 g/mol. The van der Waals surface area contributed by atoms with Crippen LogP contribution >= 0.6 is 15.9 Å². The summed E-state index contributed by atoms with van der Waals surface area (Å²) in [6.45, 7) is 2.65. The second-order valence-corrected chi connectivity index (χ2v) is 4.55. The summed E-state index contributed by atoms with van der Waals surface area (Å²) in [6, 6.07) is 5.17. The minimum absolute atomic E-state index is 0.204. The Hall–Kier alpha value is -0.610. The zero-order valence-electron chi connectivity index (χ0n) is 9.00. The quantitative estimate of drug-likeness (QED) is 0.915. The molecule has 2 N–H and O–H groups in total. The summed E-state index contributed by atoms with van der Waals surface area (Å²) in [4.78, 5) is 1.91. The first-order valence-electron chi connectivity index (χ1n) is 4.94. The highest BCUT2D eigenvalue weighted by Gasteiger charge is 2.13. The number of nitrogens with zero attached hydrogens (tertiary/aromatic N) is 1. The summed E-state index contributed by atoms with van der Waals surface area (Å²) < 4.78 is 14.4. The average Bonchev–Trinajstić information content (AvgIpc) is 2.21. The number of benzene rings is 1. The molecule has 4 heteroatoms. The van der Waals surface area contributed by atoms with E-state index < -0.39 is 0 Å². The van der Waals surface area contributed by atoms with E-state index in [1.165, 1.54) is 6.07 Å². The lowest BCUT2D eigenvalue weighted by molar-refractivity contribution is 0.590. The van der Waals surface area contributed by atoms with Crippen LogP contribution < -0.4 is 10.6 Å². The molecule has 0 aliphatic heterocycles. The van der Waals surface area contributed by atoms with E-state index >= 15 is 0 Å². The Labute approximate surface area is 98.4 Å². The zero-order chi connectivity index (χ0) is 11.4. The highest BCUT2D eigenvalue weighted by molar-refractivity contribution is 9.10. The lowest BCUT2D eigenvalue weighted by atomic mass is 10.2. The molecule has 0 aliphatic rings. The van der Waals surface area contributed by atoms with E-state index in [4.69, 9.17) is 5.73 Å². The fourth-order valence-electron chi connectivity index (χ4n) is 1.43. The van der Waals surface area contributed by atoms with Crippen molar-refractivity contribution >= 4 is 21.6 Å². The third-order valence-corrected chi connectivity index (χ3v) is 3.03. The summed E-state index contributed by atoms with van der Waals surface area (Å²) in [5.41, 5.74) is 6.09. The Balaban J connectivity index is 2.89. The third kappa shape index (κ3) is 3.18. The molecule has 0 amide bonds. The molecule has 2 nitrogen and oxygen atoms in total. The van der Waals surface area contributed by atoms with Crippen molar-refractivity contribution in [3.63, 3.8) is 0 Å². The van der Waals surface area contributed by atoms with Crippen molar-refractivity contribution in [1.29, 1.82) is 0 Å². The van der Waals surface area contributed by atoms with Gasteiger partial charge in [-0.05, 0) is 38.1 Å². The van der Waals surface area contributed by atoms with Crippen LogP contribution in [0.15, 0.2) is 22.7 Å². The maximum absolute atomic E-state index is 13.5. The number of hydrogen-bond donors (Lipinski definition) is 1. The van der Waals surface area contributed by atoms with Gasteiger partial charge in [0.1, 0.15) is 5.82 Å². The summed E-state index contributed by atoms with van der Waals surface area (Å²) in [7, 11) is 1.88. The van der Waals surface area contributed by atoms with Crippen LogP contribution in [0.5, 0.6) is 0 Å². The van der Waals surface area contributed by atoms with Crippen LogP contribution in [0, 0.1) is 5.82 Å². The van der Waals surface area contributed by atoms with Crippen LogP contribution in [-0.2, 0) is 0 Å². The molecule has 0 heterocycles. The van der Waals surface area contributed by atoms with Crippen LogP contribution in [0.1, 0.15) is 13.3 Å². The van der Waals surface area contributed by atoms with Crippen LogP contribution in [0.25, 0.3) is 0 Å². The number of hydrogen-bond acceptors (Lipinski definition) is 2. The van der Waals surface area contributed by atoms with Gasteiger partial charge in [-0.3, -0.25) is 0 Å². The number of nitrogens with two attached hydrogens (primary N) is 1. The van der Waals surface area contributed by atoms with E-state index in [1.807, 2.05) is 18.9 Å². The van der Waals surface area contributed by atoms with Crippen molar-refractivity contribution in [2.75, 3.05) is 18.5 Å². The van der Waals surface area contributed by atoms with E-state index in [1.54, 1.807) is 12.1 Å². The van der Waals surface area contributed by atoms with Crippen molar-refractivity contribution in [2.45, 2.75) is 19.4 Å². The Morgan fingerprint density at radius 3 is 2.80 bits per heavy atom. The van der Waals surface area contributed by atoms with Crippen molar-refractivity contribution in [1.82, 2.24) is 0 Å². The predicted octanol–water partition coefficient (Wildman–Crippen LogP) is 2.76. The standard InChI is InChI=1S/C11H16BrFN2/c1-8(5-6-14)15(2)11-7-9(12)3-4-10(11)13/h3-4,7-8H,5-6,14H2,1-2H3. The second-order valence-electron chi connectivity index (χ2n) is 3.63. The summed E-state index contributed by atoms with van der Waals surface area (Å²) in [6.07, 6.45) is 0.850. The fourth-order valence-corrected chi connectivity index (χ4v) is 1.78. The van der Waals surface area contributed by atoms with Gasteiger partial charge in [-0.15, -0.1) is 0 Å². The van der Waals surface area contributed by atoms with Crippen molar-refractivity contribution < 1.29 is 4.39 Å². The normalized spacial score (nSPS) is 12.6. The highest BCUT2D eigenvalue weighted by Crippen LogP contribution is 2.24. The van der Waals surface area contributed by atoms with Crippen LogP contribution in [-0.4, -0.2) is 19.6 Å². The zero-order valence-corrected chi connectivity index (χ0v) is 10.6. The van der Waals surface area contributed by atoms with Gasteiger partial charge >= 0.3 is 0 Å². The van der Waals surface area contributed by atoms with Gasteiger partial charge in [-0.1, -0.05) is 15.9 Å². The molecule has 0 radical (unpaired) electrons. The largest absolute Gasteiger partial charge is 0.369 e. The van der Waals surface area contributed by atoms with Crippen LogP contribution in [0.2, 0.25) is 0 Å². The Bertz CT molecular complexity index is 330. The highest BCUT2D eigenvalue weighted by atomic mass is 79.9. The van der Waals surface area contributed by atoms with E-state index in [0.717, 1.165) is 10.9 Å². The van der Waals surface area contributed by atoms with Gasteiger partial charge in [0.15, 0.2) is 0 Å². The minimum atomic E-state index is -0.204. The second kappa shape index (κ2) is 5.47. The molecule has 0 spiro atoms. The van der Waals surface area contributed by atoms with Gasteiger partial charge in [0.2, 0.25) is 0 Å². The van der Waals surface area contributed by atoms with E-state index in [0.29, 0.717) is 12.2 Å². The van der Waals surface area contributed by atoms with Gasteiger partial charge in [0, 0.05) is 17.6 Å². The minimum Gasteiger partial charge on any atom is -0.369 e. The Morgan fingerprint density at radius 2 is 2.20 bits per heavy atom. The molecule has 1 aromatic carbocycles. The summed E-state index contributed by atoms with van der Waals surface area (Å²) in [5.74, 6) is -0.204. The molecule has 0 saturated heterocycles. The Morgan fingerprint density at radius 1 is 1.53 bits per heavy atom. The Kier molecular flexibility index (Phi) is 4.54. The topological polar surface area (TPSA) is 29.3 Å². The van der Waals surface area contributed by atoms with Gasteiger partial charge in [-0.2, -0.15) is 0 Å². The molecule has 0 aromatic heterocycles. The molecule has 0 aliphatic carbocycles. The maximum Gasteiger partial charge on any atom is 0.146 e. The SMILES string of the molecule is CC(CCN)N(C)c1cc(Br)ccc1F. The van der Waals surface area contributed by atoms with Crippen molar-refractivity contribution in [3.8, 4) is 0 Å². The number of anilines is 1. The molecule has 1 aromatic rings. The van der Waals surface area contributed by atoms with E-state index in [-0.39, 0.29) is 11.9 Å². The molecule has 1 unspecified atom stereocenters. The number of rotatable bonds is 4. The maximum atomic E-state index is 13.5. The third-order valence-electron chi connectivity index (χ3n) is 2.53. The molecular weight excluding hydrogens is 259 g/mol. The molecular formula is C11H16BrFN2. The first kappa shape index (κ1) is 12.5. The molecule has 1 atom stereocenters. The smallest absolute Gasteiger partial charge is 0.146 e. The summed E-state index contributed by atoms with van der Waals surface area (Å²) >= 11 is 3.33. The average molecular weight is 275 g/mol. The molecule has 1 rings (SSSR count). The summed E-state index contributed by atoms with van der Waals surface area (Å²) in [5, 5.41) is 0. The lowest BCUT2D eigenvalue weighted by Gasteiger charge is -2.27. The van der Waals surface area contributed by atoms with E-state index in [9.17, 15) is 4.39 Å². The first-order chi connectivity index (χ1) is 7.06. The van der Waals surface area contributed by atoms with Gasteiger partial charge in [-0.25, -0.2) is 4.39 Å².